The minimum atomic E-state index is 0.660. The van der Waals surface area contributed by atoms with Crippen LogP contribution in [0.5, 0.6) is 5.75 Å². The van der Waals surface area contributed by atoms with Crippen LogP contribution in [0, 0.1) is 12.3 Å². The topological polar surface area (TPSA) is 12.5 Å². The Balaban J connectivity index is 2.01. The first kappa shape index (κ1) is 19.5. The van der Waals surface area contributed by atoms with E-state index in [9.17, 15) is 0 Å². The van der Waals surface area contributed by atoms with Gasteiger partial charge < -0.3 is 9.64 Å². The van der Waals surface area contributed by atoms with Crippen molar-refractivity contribution in [3.63, 3.8) is 0 Å². The van der Waals surface area contributed by atoms with Crippen LogP contribution in [0.25, 0.3) is 11.1 Å². The molecule has 3 aromatic carbocycles. The molecule has 0 unspecified atom stereocenters. The van der Waals surface area contributed by atoms with E-state index in [1.807, 2.05) is 62.6 Å². The molecule has 0 fully saturated rings. The molecule has 3 aromatic rings. The molecule has 3 rings (SSSR count). The number of hydrogen-bond donors (Lipinski definition) is 0. The van der Waals surface area contributed by atoms with Gasteiger partial charge in [0.25, 0.3) is 0 Å². The summed E-state index contributed by atoms with van der Waals surface area (Å²) in [7, 11) is 4.07. The molecule has 0 radical (unpaired) electrons. The predicted octanol–water partition coefficient (Wildman–Crippen LogP) is 5.22. The van der Waals surface area contributed by atoms with Gasteiger partial charge in [0.15, 0.2) is 0 Å². The maximum Gasteiger partial charge on any atom is 0.119 e. The quantitative estimate of drug-likeness (QED) is 0.419. The third-order valence-electron chi connectivity index (χ3n) is 4.47. The molecule has 0 aromatic heterocycles. The van der Waals surface area contributed by atoms with Crippen molar-refractivity contribution in [3.05, 3.63) is 102 Å². The Morgan fingerprint density at radius 3 is 1.86 bits per heavy atom. The summed E-state index contributed by atoms with van der Waals surface area (Å²) in [5.74, 6) is 3.78. The minimum Gasteiger partial charge on any atom is -0.492 e. The lowest BCUT2D eigenvalue weighted by atomic mass is 9.90. The zero-order valence-corrected chi connectivity index (χ0v) is 16.4. The number of rotatable bonds is 7. The molecule has 0 heterocycles. The minimum absolute atomic E-state index is 0.660. The highest BCUT2D eigenvalue weighted by Gasteiger charge is 2.12. The van der Waals surface area contributed by atoms with Gasteiger partial charge in [-0.2, -0.15) is 0 Å². The van der Waals surface area contributed by atoms with Crippen LogP contribution in [0.15, 0.2) is 84.9 Å². The Morgan fingerprint density at radius 1 is 0.786 bits per heavy atom. The van der Waals surface area contributed by atoms with Gasteiger partial charge in [-0.3, -0.25) is 0 Å². The maximum absolute atomic E-state index is 5.97. The van der Waals surface area contributed by atoms with Crippen molar-refractivity contribution in [2.75, 3.05) is 27.2 Å². The summed E-state index contributed by atoms with van der Waals surface area (Å²) in [5, 5.41) is 0. The van der Waals surface area contributed by atoms with Crippen LogP contribution in [-0.2, 0) is 0 Å². The first-order valence-corrected chi connectivity index (χ1v) is 9.38. The zero-order chi connectivity index (χ0) is 19.8. The van der Waals surface area contributed by atoms with E-state index in [0.717, 1.165) is 40.1 Å². The zero-order valence-electron chi connectivity index (χ0n) is 16.4. The van der Waals surface area contributed by atoms with E-state index in [4.69, 9.17) is 11.2 Å². The van der Waals surface area contributed by atoms with Gasteiger partial charge in [0, 0.05) is 17.7 Å². The summed E-state index contributed by atoms with van der Waals surface area (Å²) in [5.41, 5.74) is 5.14. The third kappa shape index (κ3) is 4.91. The summed E-state index contributed by atoms with van der Waals surface area (Å²) in [4.78, 5) is 2.10. The lowest BCUT2D eigenvalue weighted by Crippen LogP contribution is -2.19. The molecule has 0 spiro atoms. The molecule has 2 nitrogen and oxygen atoms in total. The molecule has 0 N–H and O–H groups in total. The van der Waals surface area contributed by atoms with E-state index in [2.05, 4.69) is 47.2 Å². The Kier molecular flexibility index (Phi) is 6.68. The van der Waals surface area contributed by atoms with Gasteiger partial charge in [-0.1, -0.05) is 78.7 Å². The van der Waals surface area contributed by atoms with Gasteiger partial charge in [0.2, 0.25) is 0 Å². The average molecular weight is 367 g/mol. The van der Waals surface area contributed by atoms with Gasteiger partial charge in [-0.05, 0) is 42.9 Å². The number of nitrogens with zero attached hydrogens (tertiary/aromatic N) is 1. The molecule has 0 aliphatic heterocycles. The summed E-state index contributed by atoms with van der Waals surface area (Å²) >= 11 is 0. The highest BCUT2D eigenvalue weighted by molar-refractivity contribution is 6.04. The van der Waals surface area contributed by atoms with Crippen molar-refractivity contribution in [1.29, 1.82) is 0 Å². The molecular weight excluding hydrogens is 342 g/mol. The highest BCUT2D eigenvalue weighted by Crippen LogP contribution is 2.32. The first-order valence-electron chi connectivity index (χ1n) is 9.38. The Labute approximate surface area is 168 Å². The summed E-state index contributed by atoms with van der Waals surface area (Å²) in [6.45, 7) is 1.54. The molecule has 0 aliphatic rings. The van der Waals surface area contributed by atoms with Crippen LogP contribution >= 0.6 is 0 Å². The molecule has 0 bridgehead atoms. The van der Waals surface area contributed by atoms with E-state index < -0.39 is 0 Å². The van der Waals surface area contributed by atoms with E-state index in [1.54, 1.807) is 0 Å². The van der Waals surface area contributed by atoms with Crippen molar-refractivity contribution >= 4 is 11.1 Å². The highest BCUT2D eigenvalue weighted by atomic mass is 16.5. The van der Waals surface area contributed by atoms with Crippen LogP contribution in [-0.4, -0.2) is 32.1 Å². The number of benzene rings is 3. The van der Waals surface area contributed by atoms with Gasteiger partial charge in [0.1, 0.15) is 12.4 Å². The van der Waals surface area contributed by atoms with E-state index in [1.165, 1.54) is 0 Å². The Bertz CT molecular complexity index is 949. The van der Waals surface area contributed by atoms with E-state index >= 15 is 0 Å². The number of hydrogen-bond acceptors (Lipinski definition) is 2. The van der Waals surface area contributed by atoms with Gasteiger partial charge >= 0.3 is 0 Å². The van der Waals surface area contributed by atoms with Gasteiger partial charge in [-0.15, -0.1) is 6.42 Å². The largest absolute Gasteiger partial charge is 0.492 e. The van der Waals surface area contributed by atoms with E-state index in [-0.39, 0.29) is 0 Å². The van der Waals surface area contributed by atoms with Crippen molar-refractivity contribution in [2.24, 2.45) is 0 Å². The van der Waals surface area contributed by atoms with Crippen LogP contribution in [0.1, 0.15) is 16.7 Å². The number of ether oxygens (including phenoxy) is 1. The summed E-state index contributed by atoms with van der Waals surface area (Å²) in [6, 6.07) is 28.6. The van der Waals surface area contributed by atoms with Crippen LogP contribution in [0.3, 0.4) is 0 Å². The molecule has 28 heavy (non-hydrogen) atoms. The molecule has 0 saturated heterocycles. The molecule has 2 heteroatoms. The summed E-state index contributed by atoms with van der Waals surface area (Å²) in [6.07, 6.45) is 5.97. The molecule has 0 aliphatic carbocycles. The smallest absolute Gasteiger partial charge is 0.119 e. The number of terminal acetylenes is 1. The fourth-order valence-corrected chi connectivity index (χ4v) is 3.03. The standard InChI is InChI=1S/C26H25NO/c1-4-25(21-11-7-5-8-12-21)26(22-13-9-6-10-14-22)23-15-17-24(18-16-23)28-20-19-27(2)3/h1,5-18H,19-20H2,2-3H3. The molecule has 0 saturated carbocycles. The molecular formula is C26H25NO. The second-order valence-electron chi connectivity index (χ2n) is 6.80. The number of likely N-dealkylation sites (N-methyl/N-ethyl adjacent to an activating group) is 1. The predicted molar refractivity (Wildman–Crippen MR) is 118 cm³/mol. The third-order valence-corrected chi connectivity index (χ3v) is 4.47. The SMILES string of the molecule is C#CC(=C(c1ccccc1)c1ccc(OCCN(C)C)cc1)c1ccccc1. The lowest BCUT2D eigenvalue weighted by Gasteiger charge is -2.15. The maximum atomic E-state index is 5.97. The monoisotopic (exact) mass is 367 g/mol. The van der Waals surface area contributed by atoms with Crippen LogP contribution < -0.4 is 4.74 Å². The van der Waals surface area contributed by atoms with Crippen molar-refractivity contribution in [2.45, 2.75) is 0 Å². The van der Waals surface area contributed by atoms with Gasteiger partial charge in [-0.25, -0.2) is 0 Å². The molecule has 140 valence electrons. The normalized spacial score (nSPS) is 11.6. The Hall–Kier alpha value is -3.28. The van der Waals surface area contributed by atoms with Crippen molar-refractivity contribution in [1.82, 2.24) is 4.90 Å². The second-order valence-corrected chi connectivity index (χ2v) is 6.80. The number of allylic oxidation sites excluding steroid dienone is 1. The van der Waals surface area contributed by atoms with E-state index in [0.29, 0.717) is 6.61 Å². The van der Waals surface area contributed by atoms with Crippen LogP contribution in [0.4, 0.5) is 0 Å². The van der Waals surface area contributed by atoms with Crippen molar-refractivity contribution in [3.8, 4) is 18.1 Å². The summed E-state index contributed by atoms with van der Waals surface area (Å²) < 4.78 is 5.83. The second kappa shape index (κ2) is 9.60. The molecule has 0 amide bonds. The Morgan fingerprint density at radius 2 is 1.32 bits per heavy atom. The van der Waals surface area contributed by atoms with Crippen molar-refractivity contribution < 1.29 is 4.74 Å². The fraction of sp³-hybridized carbons (Fsp3) is 0.154. The fourth-order valence-electron chi connectivity index (χ4n) is 3.03. The lowest BCUT2D eigenvalue weighted by molar-refractivity contribution is 0.261. The van der Waals surface area contributed by atoms with Gasteiger partial charge in [0.05, 0.1) is 0 Å². The first-order chi connectivity index (χ1) is 13.7. The molecule has 0 atom stereocenters. The van der Waals surface area contributed by atoms with Crippen LogP contribution in [0.2, 0.25) is 0 Å². The average Bonchev–Trinajstić information content (AvgIpc) is 2.73.